The molecule has 0 spiro atoms. The monoisotopic (exact) mass is 528 g/mol. The number of β-amino-alcohol motifs (C(OH)–C–C–N with tert-alkyl or cyclic N) is 1. The van der Waals surface area contributed by atoms with Crippen LogP contribution in [0.4, 0.5) is 35.1 Å². The van der Waals surface area contributed by atoms with Gasteiger partial charge in [0.15, 0.2) is 0 Å². The average molecular weight is 528 g/mol. The van der Waals surface area contributed by atoms with Gasteiger partial charge >= 0.3 is 12.1 Å². The molecule has 1 saturated heterocycles. The molecule has 202 valence electrons. The first kappa shape index (κ1) is 28.9. The lowest BCUT2D eigenvalue weighted by atomic mass is 10.1. The van der Waals surface area contributed by atoms with Gasteiger partial charge in [0.1, 0.15) is 0 Å². The number of hydrogen-bond donors (Lipinski definition) is 3. The van der Waals surface area contributed by atoms with Crippen LogP contribution < -0.4 is 10.1 Å². The van der Waals surface area contributed by atoms with E-state index < -0.39 is 65.6 Å². The summed E-state index contributed by atoms with van der Waals surface area (Å²) in [4.78, 5) is 22.0. The molecule has 0 unspecified atom stereocenters. The van der Waals surface area contributed by atoms with Crippen molar-refractivity contribution in [2.24, 2.45) is 0 Å². The largest absolute Gasteiger partial charge is 0.449 e. The van der Waals surface area contributed by atoms with Crippen LogP contribution in [-0.2, 0) is 9.59 Å². The summed E-state index contributed by atoms with van der Waals surface area (Å²) in [5.74, 6) is -16.4. The van der Waals surface area contributed by atoms with Gasteiger partial charge in [0.2, 0.25) is 42.1 Å². The molecule has 0 radical (unpaired) electrons. The number of ether oxygens (including phenoxy) is 1. The Morgan fingerprint density at radius 2 is 1.51 bits per heavy atom. The molecule has 0 bridgehead atoms. The van der Waals surface area contributed by atoms with Crippen molar-refractivity contribution in [3.05, 3.63) is 29.1 Å². The zero-order valence-electron chi connectivity index (χ0n) is 20.6. The Bertz CT molecular complexity index is 847. The van der Waals surface area contributed by atoms with E-state index in [1.807, 2.05) is 0 Å². The van der Waals surface area contributed by atoms with Crippen LogP contribution in [0, 0.1) is 29.1 Å². The highest BCUT2D eigenvalue weighted by Crippen LogP contribution is 2.29. The second kappa shape index (κ2) is 15.6. The van der Waals surface area contributed by atoms with Gasteiger partial charge in [-0.15, -0.1) is 0 Å². The predicted molar refractivity (Wildman–Crippen MR) is 107 cm³/mol. The van der Waals surface area contributed by atoms with Gasteiger partial charge in [-0.3, -0.25) is 9.59 Å². The fourth-order valence-electron chi connectivity index (χ4n) is 2.69. The van der Waals surface area contributed by atoms with Crippen LogP contribution >= 0.6 is 0 Å². The van der Waals surface area contributed by atoms with E-state index in [1.165, 1.54) is 7.11 Å². The number of esters is 1. The number of ketones is 1. The lowest BCUT2D eigenvalue weighted by Gasteiger charge is -2.09. The molecule has 2 rings (SSSR count). The average Bonchev–Trinajstić information content (AvgIpc) is 3.27. The molecule has 1 aliphatic heterocycles. The molecule has 14 heteroatoms. The maximum Gasteiger partial charge on any atom is 0.449 e. The molecule has 0 amide bonds. The smallest absolute Gasteiger partial charge is 0.420 e. The summed E-state index contributed by atoms with van der Waals surface area (Å²) in [5, 5.41) is 15.4. The minimum atomic E-state index is -4.91. The standard InChI is InChI=1S/C15H12F8O3.C5H11NO.CH4O/c16-9-10(17)12(19)14(13(20)11(9)18)26-8(25)6-4-2-1-3-5-7(24)15(21,22)23;1-4-2-5(7)3-6-4;1-2/h1-6H2;4-7H,2-3H2,1H3;2H,1H3/t;4-,5-;/m.1./s1/i;1D;2T. The van der Waals surface area contributed by atoms with Gasteiger partial charge in [0, 0.05) is 33.9 Å². The first-order valence-corrected chi connectivity index (χ1v) is 10.2. The lowest BCUT2D eigenvalue weighted by molar-refractivity contribution is -0.171. The van der Waals surface area contributed by atoms with Crippen molar-refractivity contribution in [1.82, 2.24) is 5.32 Å². The molecule has 6 nitrogen and oxygen atoms in total. The van der Waals surface area contributed by atoms with Crippen LogP contribution in [0.5, 0.6) is 5.75 Å². The maximum absolute atomic E-state index is 13.3. The van der Waals surface area contributed by atoms with Gasteiger partial charge in [-0.2, -0.15) is 22.0 Å². The van der Waals surface area contributed by atoms with Crippen LogP contribution in [0.1, 0.15) is 53.2 Å². The van der Waals surface area contributed by atoms with Crippen molar-refractivity contribution in [3.8, 4) is 5.75 Å². The van der Waals surface area contributed by atoms with Crippen molar-refractivity contribution in [2.45, 2.75) is 70.2 Å². The Labute approximate surface area is 199 Å². The first-order valence-electron chi connectivity index (χ1n) is 11.3. The molecule has 3 N–H and O–H groups in total. The topological polar surface area (TPSA) is 95.9 Å². The summed E-state index contributed by atoms with van der Waals surface area (Å²) in [5.41, 5.74) is 0. The predicted octanol–water partition coefficient (Wildman–Crippen LogP) is 4.10. The Morgan fingerprint density at radius 3 is 1.91 bits per heavy atom. The molecule has 0 aliphatic carbocycles. The number of halogens is 8. The van der Waals surface area contributed by atoms with Crippen molar-refractivity contribution in [2.75, 3.05) is 13.7 Å². The Balaban J connectivity index is 0.000000971. The third-order valence-corrected chi connectivity index (χ3v) is 4.44. The summed E-state index contributed by atoms with van der Waals surface area (Å²) in [6.45, 7) is 1.06. The van der Waals surface area contributed by atoms with Crippen LogP contribution in [-0.4, -0.2) is 55.4 Å². The van der Waals surface area contributed by atoms with Crippen molar-refractivity contribution >= 4 is 11.8 Å². The number of aliphatic hydroxyl groups is 2. The van der Waals surface area contributed by atoms with Crippen LogP contribution in [0.2, 0.25) is 0 Å². The van der Waals surface area contributed by atoms with Gasteiger partial charge < -0.3 is 20.3 Å². The Hall–Kier alpha value is -2.32. The first-order chi connectivity index (χ1) is 17.2. The number of Topliss-reactive ketones (excluding diaryl/α,β-unsaturated/α-hetero) is 1. The van der Waals surface area contributed by atoms with E-state index in [0.717, 1.165) is 6.42 Å². The van der Waals surface area contributed by atoms with E-state index in [0.29, 0.717) is 13.4 Å². The van der Waals surface area contributed by atoms with Crippen LogP contribution in [0.15, 0.2) is 0 Å². The summed E-state index contributed by atoms with van der Waals surface area (Å²) in [6.07, 6.45) is -5.23. The van der Waals surface area contributed by atoms with Gasteiger partial charge in [-0.1, -0.05) is 12.8 Å². The molecule has 2 atom stereocenters. The van der Waals surface area contributed by atoms with Crippen molar-refractivity contribution in [1.29, 1.82) is 1.43 Å². The Kier molecular flexibility index (Phi) is 12.9. The maximum atomic E-state index is 13.3. The van der Waals surface area contributed by atoms with Gasteiger partial charge in [0.25, 0.3) is 0 Å². The van der Waals surface area contributed by atoms with E-state index in [4.69, 9.17) is 7.91 Å². The third-order valence-electron chi connectivity index (χ3n) is 4.44. The minimum absolute atomic E-state index is 0.0223. The van der Waals surface area contributed by atoms with E-state index in [9.17, 15) is 44.7 Å². The molecule has 0 aromatic heterocycles. The second-order valence-electron chi connectivity index (χ2n) is 7.20. The second-order valence-corrected chi connectivity index (χ2v) is 7.20. The summed E-state index contributed by atoms with van der Waals surface area (Å²) in [7, 11) is 1.29. The lowest BCUT2D eigenvalue weighted by Crippen LogP contribution is -2.22. The highest BCUT2D eigenvalue weighted by Gasteiger charge is 2.37. The fraction of sp³-hybridized carbons (Fsp3) is 0.619. The fourth-order valence-corrected chi connectivity index (χ4v) is 2.69. The zero-order chi connectivity index (χ0) is 28.8. The number of carbonyl (C=O) groups excluding carboxylic acids is 2. The third kappa shape index (κ3) is 11.3. The molecular weight excluding hydrogens is 498 g/mol. The number of nitrogens with one attached hydrogen (secondary N) is 1. The highest BCUT2D eigenvalue weighted by molar-refractivity contribution is 5.83. The van der Waals surface area contributed by atoms with Gasteiger partial charge in [-0.25, -0.2) is 13.2 Å². The molecule has 1 aliphatic rings. The molecule has 1 fully saturated rings. The molecule has 0 saturated carbocycles. The number of hydrogen-bond acceptors (Lipinski definition) is 6. The quantitative estimate of drug-likeness (QED) is 0.118. The molecule has 1 heterocycles. The van der Waals surface area contributed by atoms with Crippen LogP contribution in [0.25, 0.3) is 0 Å². The number of aliphatic hydroxyl groups excluding tert-OH is 2. The number of rotatable bonds is 8. The van der Waals surface area contributed by atoms with Crippen LogP contribution in [0.3, 0.4) is 0 Å². The summed E-state index contributed by atoms with van der Waals surface area (Å²) in [6, 6.07) is 0.241. The molecule has 1 aromatic carbocycles. The highest BCUT2D eigenvalue weighted by atomic mass is 19.4. The molecule has 1 aromatic rings. The zero-order valence-corrected chi connectivity index (χ0v) is 18.6. The summed E-state index contributed by atoms with van der Waals surface area (Å²) < 4.78 is 118. The summed E-state index contributed by atoms with van der Waals surface area (Å²) >= 11 is 0. The van der Waals surface area contributed by atoms with E-state index >= 15 is 0 Å². The van der Waals surface area contributed by atoms with Gasteiger partial charge in [0.05, 0.1) is 6.10 Å². The number of benzene rings is 1. The molecule has 35 heavy (non-hydrogen) atoms. The van der Waals surface area contributed by atoms with E-state index in [1.54, 1.807) is 0 Å². The Morgan fingerprint density at radius 1 is 1.03 bits per heavy atom. The number of unbranched alkanes of at least 4 members (excludes halogenated alkanes) is 3. The molecular formula is C21H27F8NO5. The van der Waals surface area contributed by atoms with Gasteiger partial charge in [-0.05, 0) is 26.2 Å². The van der Waals surface area contributed by atoms with Crippen molar-refractivity contribution < 1.29 is 61.0 Å². The SMILES string of the molecule is O=C(CCCCCCC(=O)C(F)(F)F)Oc1c(F)c(F)c(F)c(F)c1F.[2H]C[C@@H]1C[C@@H](O)CN1.[3H]OC. The van der Waals surface area contributed by atoms with Crippen molar-refractivity contribution in [3.63, 3.8) is 0 Å². The van der Waals surface area contributed by atoms with E-state index in [2.05, 4.69) is 15.2 Å². The minimum Gasteiger partial charge on any atom is -0.420 e. The number of carbonyl (C=O) groups is 2. The van der Waals surface area contributed by atoms with E-state index in [-0.39, 0.29) is 37.8 Å². The normalized spacial score (nSPS) is 17.9. The number of alkyl halides is 3.